The van der Waals surface area contributed by atoms with Gasteiger partial charge in [-0.1, -0.05) is 19.6 Å². The van der Waals surface area contributed by atoms with E-state index in [4.69, 9.17) is 4.74 Å². The van der Waals surface area contributed by atoms with Crippen molar-refractivity contribution in [2.45, 2.75) is 50.5 Å². The minimum atomic E-state index is -1.19. The highest BCUT2D eigenvalue weighted by Crippen LogP contribution is 2.31. The largest absolute Gasteiger partial charge is 0.368 e. The highest BCUT2D eigenvalue weighted by atomic mass is 28.3. The summed E-state index contributed by atoms with van der Waals surface area (Å²) in [6, 6.07) is 0.976. The molecule has 1 aliphatic heterocycles. The van der Waals surface area contributed by atoms with Crippen LogP contribution in [0.25, 0.3) is 0 Å². The highest BCUT2D eigenvalue weighted by Gasteiger charge is 2.37. The maximum Gasteiger partial charge on any atom is 0.151 e. The molecular formula is C10H20O2Si. The van der Waals surface area contributed by atoms with Gasteiger partial charge in [-0.15, -0.1) is 0 Å². The molecule has 0 N–H and O–H groups in total. The van der Waals surface area contributed by atoms with E-state index in [0.717, 1.165) is 38.2 Å². The van der Waals surface area contributed by atoms with E-state index in [9.17, 15) is 4.79 Å². The van der Waals surface area contributed by atoms with Gasteiger partial charge in [0.2, 0.25) is 0 Å². The molecule has 1 unspecified atom stereocenters. The quantitative estimate of drug-likeness (QED) is 0.517. The van der Waals surface area contributed by atoms with Crippen LogP contribution in [0.3, 0.4) is 0 Å². The maximum atomic E-state index is 11.1. The summed E-state index contributed by atoms with van der Waals surface area (Å²) in [5.41, 5.74) is -0.414. The fourth-order valence-corrected chi connectivity index (χ4v) is 4.20. The lowest BCUT2D eigenvalue weighted by molar-refractivity contribution is -0.134. The van der Waals surface area contributed by atoms with Gasteiger partial charge in [0.15, 0.2) is 6.29 Å². The van der Waals surface area contributed by atoms with E-state index in [2.05, 4.69) is 19.6 Å². The molecular weight excluding hydrogens is 180 g/mol. The molecule has 1 saturated heterocycles. The molecule has 0 aromatic heterocycles. The van der Waals surface area contributed by atoms with Gasteiger partial charge in [-0.25, -0.2) is 0 Å². The number of carbonyl (C=O) groups excluding carboxylic acids is 1. The Morgan fingerprint density at radius 3 is 2.46 bits per heavy atom. The van der Waals surface area contributed by atoms with Gasteiger partial charge >= 0.3 is 0 Å². The minimum absolute atomic E-state index is 0.414. The van der Waals surface area contributed by atoms with Crippen LogP contribution in [0.5, 0.6) is 0 Å². The molecule has 1 fully saturated rings. The van der Waals surface area contributed by atoms with Crippen molar-refractivity contribution in [2.24, 2.45) is 0 Å². The van der Waals surface area contributed by atoms with E-state index in [1.54, 1.807) is 0 Å². The molecule has 0 bridgehead atoms. The van der Waals surface area contributed by atoms with Crippen LogP contribution in [-0.4, -0.2) is 26.6 Å². The third kappa shape index (κ3) is 3.23. The summed E-state index contributed by atoms with van der Waals surface area (Å²) in [7, 11) is -1.19. The summed E-state index contributed by atoms with van der Waals surface area (Å²) in [5, 5.41) is 0. The van der Waals surface area contributed by atoms with Crippen LogP contribution >= 0.6 is 0 Å². The highest BCUT2D eigenvalue weighted by molar-refractivity contribution is 6.76. The van der Waals surface area contributed by atoms with Crippen molar-refractivity contribution in [3.63, 3.8) is 0 Å². The average Bonchev–Trinajstić information content (AvgIpc) is 2.03. The van der Waals surface area contributed by atoms with Crippen LogP contribution in [0, 0.1) is 0 Å². The van der Waals surface area contributed by atoms with Gasteiger partial charge in [-0.05, 0) is 25.3 Å². The second-order valence-electron chi connectivity index (χ2n) is 5.23. The first-order valence-electron chi connectivity index (χ1n) is 5.08. The van der Waals surface area contributed by atoms with Crippen LogP contribution < -0.4 is 0 Å². The molecule has 0 saturated carbocycles. The predicted molar refractivity (Wildman–Crippen MR) is 56.8 cm³/mol. The Hall–Kier alpha value is -0.153. The SMILES string of the molecule is C[Si](C)(C)CC1(C=O)CCCCO1. The standard InChI is InChI=1S/C10H20O2Si/c1-13(2,3)9-10(8-11)6-4-5-7-12-10/h8H,4-7,9H2,1-3H3. The molecule has 1 heterocycles. The first kappa shape index (κ1) is 10.9. The summed E-state index contributed by atoms with van der Waals surface area (Å²) >= 11 is 0. The number of ether oxygens (including phenoxy) is 1. The second kappa shape index (κ2) is 3.92. The first-order valence-corrected chi connectivity index (χ1v) is 8.78. The lowest BCUT2D eigenvalue weighted by Crippen LogP contribution is -2.44. The molecule has 0 aromatic rings. The zero-order chi connectivity index (χ0) is 9.95. The Bertz CT molecular complexity index is 178. The third-order valence-corrected chi connectivity index (χ3v) is 4.09. The van der Waals surface area contributed by atoms with E-state index in [-0.39, 0.29) is 0 Å². The molecule has 1 atom stereocenters. The molecule has 0 radical (unpaired) electrons. The van der Waals surface area contributed by atoms with E-state index in [0.29, 0.717) is 0 Å². The zero-order valence-corrected chi connectivity index (χ0v) is 9.93. The molecule has 0 amide bonds. The number of carbonyl (C=O) groups is 1. The molecule has 0 spiro atoms. The third-order valence-electron chi connectivity index (χ3n) is 2.43. The van der Waals surface area contributed by atoms with Gasteiger partial charge in [0, 0.05) is 14.7 Å². The fraction of sp³-hybridized carbons (Fsp3) is 0.900. The van der Waals surface area contributed by atoms with E-state index < -0.39 is 13.7 Å². The van der Waals surface area contributed by atoms with Crippen molar-refractivity contribution in [1.82, 2.24) is 0 Å². The minimum Gasteiger partial charge on any atom is -0.368 e. The monoisotopic (exact) mass is 200 g/mol. The van der Waals surface area contributed by atoms with Gasteiger partial charge in [0.05, 0.1) is 0 Å². The molecule has 0 aromatic carbocycles. The Morgan fingerprint density at radius 1 is 1.38 bits per heavy atom. The van der Waals surface area contributed by atoms with E-state index in [1.807, 2.05) is 0 Å². The molecule has 1 aliphatic rings. The van der Waals surface area contributed by atoms with E-state index in [1.165, 1.54) is 0 Å². The van der Waals surface area contributed by atoms with Crippen LogP contribution in [0.4, 0.5) is 0 Å². The van der Waals surface area contributed by atoms with Gasteiger partial charge in [-0.2, -0.15) is 0 Å². The molecule has 3 heteroatoms. The Labute approximate surface area is 81.7 Å². The Kier molecular flexibility index (Phi) is 3.30. The Balaban J connectivity index is 2.63. The topological polar surface area (TPSA) is 26.3 Å². The van der Waals surface area contributed by atoms with Crippen LogP contribution in [0.2, 0.25) is 25.7 Å². The second-order valence-corrected chi connectivity index (χ2v) is 10.7. The van der Waals surface area contributed by atoms with Gasteiger partial charge in [-0.3, -0.25) is 0 Å². The molecule has 13 heavy (non-hydrogen) atoms. The Morgan fingerprint density at radius 2 is 2.08 bits per heavy atom. The zero-order valence-electron chi connectivity index (χ0n) is 8.93. The maximum absolute atomic E-state index is 11.1. The van der Waals surface area contributed by atoms with E-state index >= 15 is 0 Å². The normalized spacial score (nSPS) is 30.1. The van der Waals surface area contributed by atoms with Crippen LogP contribution in [0.15, 0.2) is 0 Å². The number of hydrogen-bond donors (Lipinski definition) is 0. The predicted octanol–water partition coefficient (Wildman–Crippen LogP) is 2.46. The lowest BCUT2D eigenvalue weighted by Gasteiger charge is -2.36. The van der Waals surface area contributed by atoms with Crippen LogP contribution in [-0.2, 0) is 9.53 Å². The van der Waals surface area contributed by atoms with Gasteiger partial charge in [0.1, 0.15) is 5.60 Å². The summed E-state index contributed by atoms with van der Waals surface area (Å²) < 4.78 is 5.66. The van der Waals surface area contributed by atoms with Crippen LogP contribution in [0.1, 0.15) is 19.3 Å². The number of hydrogen-bond acceptors (Lipinski definition) is 2. The smallest absolute Gasteiger partial charge is 0.151 e. The number of aldehydes is 1. The molecule has 1 rings (SSSR count). The van der Waals surface area contributed by atoms with Crippen molar-refractivity contribution >= 4 is 14.4 Å². The number of rotatable bonds is 3. The van der Waals surface area contributed by atoms with Crippen molar-refractivity contribution in [3.05, 3.63) is 0 Å². The summed E-state index contributed by atoms with van der Waals surface area (Å²) in [4.78, 5) is 11.1. The summed E-state index contributed by atoms with van der Waals surface area (Å²) in [6.07, 6.45) is 4.23. The van der Waals surface area contributed by atoms with Crippen molar-refractivity contribution < 1.29 is 9.53 Å². The molecule has 0 aliphatic carbocycles. The van der Waals surface area contributed by atoms with Crippen molar-refractivity contribution in [1.29, 1.82) is 0 Å². The fourth-order valence-electron chi connectivity index (χ4n) is 2.05. The summed E-state index contributed by atoms with van der Waals surface area (Å²) in [6.45, 7) is 7.63. The summed E-state index contributed by atoms with van der Waals surface area (Å²) in [5.74, 6) is 0. The lowest BCUT2D eigenvalue weighted by atomic mass is 9.97. The van der Waals surface area contributed by atoms with Crippen molar-refractivity contribution in [2.75, 3.05) is 6.61 Å². The van der Waals surface area contributed by atoms with Gasteiger partial charge in [0.25, 0.3) is 0 Å². The first-order chi connectivity index (χ1) is 5.97. The molecule has 76 valence electrons. The van der Waals surface area contributed by atoms with Gasteiger partial charge < -0.3 is 9.53 Å². The average molecular weight is 200 g/mol. The van der Waals surface area contributed by atoms with Crippen molar-refractivity contribution in [3.8, 4) is 0 Å². The molecule has 2 nitrogen and oxygen atoms in total.